The van der Waals surface area contributed by atoms with Crippen molar-refractivity contribution in [1.82, 2.24) is 0 Å². The molecule has 5 heteroatoms. The second kappa shape index (κ2) is 14.4. The summed E-state index contributed by atoms with van der Waals surface area (Å²) in [5.41, 5.74) is 0. The average Bonchev–Trinajstić information content (AvgIpc) is 2.41. The number of quaternary nitrogens is 1. The fourth-order valence-electron chi connectivity index (χ4n) is 1.53. The fraction of sp³-hybridized carbons (Fsp3) is 0.882. The van der Waals surface area contributed by atoms with Crippen LogP contribution in [0.3, 0.4) is 0 Å². The molecule has 1 atom stereocenters. The highest BCUT2D eigenvalue weighted by atomic mass is 31.2. The summed E-state index contributed by atoms with van der Waals surface area (Å²) in [6, 6.07) is 0. The minimum absolute atomic E-state index is 0.498. The predicted octanol–water partition coefficient (Wildman–Crippen LogP) is 5.10. The molecule has 0 N–H and O–H groups in total. The summed E-state index contributed by atoms with van der Waals surface area (Å²) in [6.07, 6.45) is 7.44. The Bertz CT molecular complexity index is 301. The standard InChI is InChI=1S/C14H33NO3P.C3H6/c1-6-8-10-12-17-19(16,14-9-7-2)18-13-11-15(3,4)5;1-3-2/h6-14H2,1-5H3;3H,1H2,2H3/q+1;. The normalized spacial score (nSPS) is 13.9. The Morgan fingerprint density at radius 3 is 1.95 bits per heavy atom. The van der Waals surface area contributed by atoms with Crippen LogP contribution in [0.1, 0.15) is 52.9 Å². The summed E-state index contributed by atoms with van der Waals surface area (Å²) < 4.78 is 24.6. The van der Waals surface area contributed by atoms with Crippen LogP contribution in [0, 0.1) is 0 Å². The lowest BCUT2D eigenvalue weighted by Crippen LogP contribution is -2.37. The first kappa shape index (κ1) is 24.1. The Morgan fingerprint density at radius 1 is 1.00 bits per heavy atom. The van der Waals surface area contributed by atoms with E-state index in [4.69, 9.17) is 9.05 Å². The summed E-state index contributed by atoms with van der Waals surface area (Å²) in [5, 5.41) is 0. The van der Waals surface area contributed by atoms with E-state index in [0.29, 0.717) is 19.4 Å². The first-order valence-electron chi connectivity index (χ1n) is 8.50. The fourth-order valence-corrected chi connectivity index (χ4v) is 3.33. The molecule has 0 spiro atoms. The van der Waals surface area contributed by atoms with Crippen LogP contribution in [-0.4, -0.2) is 51.5 Å². The van der Waals surface area contributed by atoms with Crippen molar-refractivity contribution in [1.29, 1.82) is 0 Å². The lowest BCUT2D eigenvalue weighted by atomic mass is 10.3. The Kier molecular flexibility index (Phi) is 15.8. The van der Waals surface area contributed by atoms with Crippen LogP contribution in [-0.2, 0) is 13.6 Å². The Hall–Kier alpha value is -0.150. The van der Waals surface area contributed by atoms with Gasteiger partial charge in [-0.15, -0.1) is 6.58 Å². The predicted molar refractivity (Wildman–Crippen MR) is 97.6 cm³/mol. The van der Waals surface area contributed by atoms with Gasteiger partial charge in [0.2, 0.25) is 0 Å². The first-order chi connectivity index (χ1) is 10.2. The number of hydrogen-bond acceptors (Lipinski definition) is 3. The highest BCUT2D eigenvalue weighted by Crippen LogP contribution is 2.49. The molecule has 0 aliphatic carbocycles. The van der Waals surface area contributed by atoms with Gasteiger partial charge in [0.1, 0.15) is 13.2 Å². The second-order valence-electron chi connectivity index (χ2n) is 6.48. The minimum atomic E-state index is -2.87. The molecular weight excluding hydrogens is 297 g/mol. The number of likely N-dealkylation sites (N-methyl/N-ethyl adjacent to an activating group) is 1. The van der Waals surface area contributed by atoms with Crippen molar-refractivity contribution < 1.29 is 18.1 Å². The van der Waals surface area contributed by atoms with Crippen molar-refractivity contribution in [2.45, 2.75) is 52.9 Å². The molecule has 22 heavy (non-hydrogen) atoms. The lowest BCUT2D eigenvalue weighted by Gasteiger charge is -2.25. The van der Waals surface area contributed by atoms with Crippen LogP contribution in [0.25, 0.3) is 0 Å². The van der Waals surface area contributed by atoms with Gasteiger partial charge in [0, 0.05) is 0 Å². The minimum Gasteiger partial charge on any atom is -0.329 e. The number of allylic oxidation sites excluding steroid dienone is 1. The van der Waals surface area contributed by atoms with E-state index in [2.05, 4.69) is 41.6 Å². The van der Waals surface area contributed by atoms with Gasteiger partial charge in [-0.2, -0.15) is 0 Å². The average molecular weight is 336 g/mol. The molecule has 0 aromatic carbocycles. The maximum absolute atomic E-state index is 12.6. The van der Waals surface area contributed by atoms with E-state index in [1.54, 1.807) is 6.08 Å². The summed E-state index contributed by atoms with van der Waals surface area (Å²) in [7, 11) is 3.43. The largest absolute Gasteiger partial charge is 0.330 e. The molecule has 1 unspecified atom stereocenters. The van der Waals surface area contributed by atoms with Gasteiger partial charge in [-0.3, -0.25) is 4.57 Å². The third-order valence-electron chi connectivity index (χ3n) is 2.87. The van der Waals surface area contributed by atoms with Crippen molar-refractivity contribution in [2.24, 2.45) is 0 Å². The SMILES string of the molecule is C=CC.CCCCCOP(=O)(CCCC)OCC[N+](C)(C)C. The molecule has 0 bridgehead atoms. The summed E-state index contributed by atoms with van der Waals surface area (Å²) >= 11 is 0. The van der Waals surface area contributed by atoms with E-state index >= 15 is 0 Å². The molecule has 0 saturated heterocycles. The van der Waals surface area contributed by atoms with Gasteiger partial charge in [0.15, 0.2) is 0 Å². The number of rotatable bonds is 12. The highest BCUT2D eigenvalue weighted by molar-refractivity contribution is 7.53. The van der Waals surface area contributed by atoms with Crippen LogP contribution in [0.15, 0.2) is 12.7 Å². The molecule has 0 heterocycles. The maximum atomic E-state index is 12.6. The molecule has 134 valence electrons. The maximum Gasteiger partial charge on any atom is 0.330 e. The van der Waals surface area contributed by atoms with E-state index in [9.17, 15) is 4.57 Å². The molecule has 0 aromatic heterocycles. The van der Waals surface area contributed by atoms with Crippen molar-refractivity contribution >= 4 is 7.60 Å². The zero-order chi connectivity index (χ0) is 17.5. The van der Waals surface area contributed by atoms with E-state index in [1.165, 1.54) is 0 Å². The molecule has 0 saturated carbocycles. The van der Waals surface area contributed by atoms with Gasteiger partial charge in [0.25, 0.3) is 0 Å². The van der Waals surface area contributed by atoms with Crippen molar-refractivity contribution in [3.63, 3.8) is 0 Å². The Balaban J connectivity index is 0. The molecular formula is C17H39NO3P+. The van der Waals surface area contributed by atoms with Crippen molar-refractivity contribution in [3.05, 3.63) is 12.7 Å². The molecule has 0 aliphatic heterocycles. The van der Waals surface area contributed by atoms with Gasteiger partial charge >= 0.3 is 7.60 Å². The van der Waals surface area contributed by atoms with Crippen LogP contribution in [0.2, 0.25) is 0 Å². The highest BCUT2D eigenvalue weighted by Gasteiger charge is 2.24. The van der Waals surface area contributed by atoms with Gasteiger partial charge in [-0.25, -0.2) is 0 Å². The first-order valence-corrected chi connectivity index (χ1v) is 10.2. The summed E-state index contributed by atoms with van der Waals surface area (Å²) in [6.45, 7) is 11.4. The van der Waals surface area contributed by atoms with Gasteiger partial charge in [0.05, 0.1) is 33.9 Å². The van der Waals surface area contributed by atoms with Crippen LogP contribution < -0.4 is 0 Å². The number of unbranched alkanes of at least 4 members (excludes halogenated alkanes) is 3. The van der Waals surface area contributed by atoms with E-state index in [-0.39, 0.29) is 0 Å². The van der Waals surface area contributed by atoms with Gasteiger partial charge < -0.3 is 13.5 Å². The topological polar surface area (TPSA) is 35.5 Å². The van der Waals surface area contributed by atoms with Crippen molar-refractivity contribution in [3.8, 4) is 0 Å². The van der Waals surface area contributed by atoms with Gasteiger partial charge in [-0.05, 0) is 19.8 Å². The van der Waals surface area contributed by atoms with E-state index in [0.717, 1.165) is 43.1 Å². The lowest BCUT2D eigenvalue weighted by molar-refractivity contribution is -0.870. The summed E-state index contributed by atoms with van der Waals surface area (Å²) in [5.74, 6) is 0. The molecule has 0 aliphatic rings. The summed E-state index contributed by atoms with van der Waals surface area (Å²) in [4.78, 5) is 0. The number of nitrogens with zero attached hydrogens (tertiary/aromatic N) is 1. The smallest absolute Gasteiger partial charge is 0.329 e. The molecule has 0 rings (SSSR count). The molecule has 0 fully saturated rings. The quantitative estimate of drug-likeness (QED) is 0.215. The van der Waals surface area contributed by atoms with Crippen molar-refractivity contribution in [2.75, 3.05) is 47.1 Å². The third kappa shape index (κ3) is 17.9. The third-order valence-corrected chi connectivity index (χ3v) is 4.89. The number of hydrogen-bond donors (Lipinski definition) is 0. The molecule has 0 amide bonds. The zero-order valence-corrected chi connectivity index (χ0v) is 16.7. The van der Waals surface area contributed by atoms with Crippen LogP contribution in [0.4, 0.5) is 0 Å². The molecule has 4 nitrogen and oxygen atoms in total. The van der Waals surface area contributed by atoms with E-state index in [1.807, 2.05) is 6.92 Å². The van der Waals surface area contributed by atoms with Crippen LogP contribution >= 0.6 is 7.60 Å². The van der Waals surface area contributed by atoms with E-state index < -0.39 is 7.60 Å². The Labute approximate surface area is 139 Å². The Morgan fingerprint density at radius 2 is 1.50 bits per heavy atom. The molecule has 0 aromatic rings. The van der Waals surface area contributed by atoms with Crippen LogP contribution in [0.5, 0.6) is 0 Å². The van der Waals surface area contributed by atoms with Gasteiger partial charge in [-0.1, -0.05) is 39.2 Å². The second-order valence-corrected chi connectivity index (χ2v) is 8.67. The molecule has 0 radical (unpaired) electrons. The zero-order valence-electron chi connectivity index (χ0n) is 15.8. The monoisotopic (exact) mass is 336 g/mol.